The minimum Gasteiger partial charge on any atom is -0.481 e. The smallest absolute Gasteiger partial charge is 0.307 e. The van der Waals surface area contributed by atoms with Crippen molar-refractivity contribution in [3.63, 3.8) is 0 Å². The highest BCUT2D eigenvalue weighted by molar-refractivity contribution is 5.71. The summed E-state index contributed by atoms with van der Waals surface area (Å²) in [7, 11) is 0. The van der Waals surface area contributed by atoms with E-state index in [-0.39, 0.29) is 17.8 Å². The highest BCUT2D eigenvalue weighted by Gasteiger charge is 2.35. The number of aromatic nitrogens is 3. The van der Waals surface area contributed by atoms with Crippen LogP contribution in [0, 0.1) is 5.92 Å². The molecule has 2 atom stereocenters. The SMILES string of the molecule is Nc1n[nH]c(C2CCCC2C(=O)O)n1. The molecular weight excluding hydrogens is 184 g/mol. The zero-order valence-corrected chi connectivity index (χ0v) is 7.60. The number of hydrogen-bond donors (Lipinski definition) is 3. The first-order valence-electron chi connectivity index (χ1n) is 4.59. The summed E-state index contributed by atoms with van der Waals surface area (Å²) in [5.41, 5.74) is 5.37. The molecule has 1 aromatic rings. The summed E-state index contributed by atoms with van der Waals surface area (Å²) in [6, 6.07) is 0. The van der Waals surface area contributed by atoms with Gasteiger partial charge in [-0.15, -0.1) is 5.10 Å². The van der Waals surface area contributed by atoms with Crippen LogP contribution >= 0.6 is 0 Å². The maximum atomic E-state index is 10.9. The summed E-state index contributed by atoms with van der Waals surface area (Å²) in [5, 5.41) is 15.3. The number of carboxylic acid groups (broad SMARTS) is 1. The Balaban J connectivity index is 2.21. The van der Waals surface area contributed by atoms with Gasteiger partial charge in [0.1, 0.15) is 5.82 Å². The average molecular weight is 196 g/mol. The summed E-state index contributed by atoms with van der Waals surface area (Å²) < 4.78 is 0. The molecule has 4 N–H and O–H groups in total. The van der Waals surface area contributed by atoms with E-state index in [1.807, 2.05) is 0 Å². The minimum absolute atomic E-state index is 0.0581. The number of nitrogens with two attached hydrogens (primary N) is 1. The number of H-pyrrole nitrogens is 1. The number of nitrogens with one attached hydrogen (secondary N) is 1. The van der Waals surface area contributed by atoms with Gasteiger partial charge in [-0.25, -0.2) is 0 Å². The number of aromatic amines is 1. The minimum atomic E-state index is -0.762. The second-order valence-electron chi connectivity index (χ2n) is 3.56. The fraction of sp³-hybridized carbons (Fsp3) is 0.625. The molecule has 0 amide bonds. The fourth-order valence-electron chi connectivity index (χ4n) is 2.04. The predicted octanol–water partition coefficient (Wildman–Crippen LogP) is 0.355. The molecule has 1 aliphatic carbocycles. The van der Waals surface area contributed by atoms with Crippen LogP contribution in [0.15, 0.2) is 0 Å². The van der Waals surface area contributed by atoms with Crippen LogP contribution in [-0.2, 0) is 4.79 Å². The Kier molecular flexibility index (Phi) is 2.11. The molecule has 0 aromatic carbocycles. The Morgan fingerprint density at radius 2 is 2.36 bits per heavy atom. The molecule has 6 nitrogen and oxygen atoms in total. The van der Waals surface area contributed by atoms with E-state index in [2.05, 4.69) is 15.2 Å². The van der Waals surface area contributed by atoms with E-state index in [1.54, 1.807) is 0 Å². The fourth-order valence-corrected chi connectivity index (χ4v) is 2.04. The molecule has 6 heteroatoms. The predicted molar refractivity (Wildman–Crippen MR) is 48.5 cm³/mol. The van der Waals surface area contributed by atoms with Crippen molar-refractivity contribution in [2.45, 2.75) is 25.2 Å². The van der Waals surface area contributed by atoms with Gasteiger partial charge in [0.25, 0.3) is 0 Å². The van der Waals surface area contributed by atoms with Crippen molar-refractivity contribution in [1.82, 2.24) is 15.2 Å². The number of nitrogen functional groups attached to an aromatic ring is 1. The lowest BCUT2D eigenvalue weighted by Gasteiger charge is -2.11. The summed E-state index contributed by atoms with van der Waals surface area (Å²) in [5.74, 6) is -0.384. The summed E-state index contributed by atoms with van der Waals surface area (Å²) in [4.78, 5) is 14.9. The first-order chi connectivity index (χ1) is 6.68. The third-order valence-electron chi connectivity index (χ3n) is 2.70. The van der Waals surface area contributed by atoms with Crippen molar-refractivity contribution in [2.75, 3.05) is 5.73 Å². The number of rotatable bonds is 2. The average Bonchev–Trinajstić information content (AvgIpc) is 2.70. The molecule has 2 unspecified atom stereocenters. The summed E-state index contributed by atoms with van der Waals surface area (Å²) in [6.45, 7) is 0. The molecule has 0 saturated heterocycles. The lowest BCUT2D eigenvalue weighted by atomic mass is 9.96. The van der Waals surface area contributed by atoms with Gasteiger partial charge in [0.15, 0.2) is 0 Å². The summed E-state index contributed by atoms with van der Waals surface area (Å²) in [6.07, 6.45) is 2.47. The molecule has 0 bridgehead atoms. The van der Waals surface area contributed by atoms with E-state index in [0.717, 1.165) is 12.8 Å². The van der Waals surface area contributed by atoms with Gasteiger partial charge in [-0.05, 0) is 12.8 Å². The van der Waals surface area contributed by atoms with Crippen molar-refractivity contribution < 1.29 is 9.90 Å². The highest BCUT2D eigenvalue weighted by Crippen LogP contribution is 2.38. The van der Waals surface area contributed by atoms with Crippen molar-refractivity contribution in [3.05, 3.63) is 5.82 Å². The molecule has 2 rings (SSSR count). The van der Waals surface area contributed by atoms with Gasteiger partial charge in [-0.2, -0.15) is 4.98 Å². The Labute approximate surface area is 80.5 Å². The molecule has 0 radical (unpaired) electrons. The van der Waals surface area contributed by atoms with Crippen LogP contribution in [0.2, 0.25) is 0 Å². The third kappa shape index (κ3) is 1.43. The molecule has 0 spiro atoms. The van der Waals surface area contributed by atoms with Crippen LogP contribution in [0.4, 0.5) is 5.95 Å². The second kappa shape index (κ2) is 3.28. The van der Waals surface area contributed by atoms with Gasteiger partial charge in [0.2, 0.25) is 5.95 Å². The molecule has 1 heterocycles. The maximum absolute atomic E-state index is 10.9. The number of aliphatic carboxylic acids is 1. The third-order valence-corrected chi connectivity index (χ3v) is 2.70. The number of carboxylic acids is 1. The van der Waals surface area contributed by atoms with E-state index in [0.29, 0.717) is 12.2 Å². The van der Waals surface area contributed by atoms with Gasteiger partial charge in [0.05, 0.1) is 5.92 Å². The highest BCUT2D eigenvalue weighted by atomic mass is 16.4. The molecule has 0 aliphatic heterocycles. The molecule has 1 fully saturated rings. The van der Waals surface area contributed by atoms with E-state index < -0.39 is 5.97 Å². The Bertz CT molecular complexity index is 349. The van der Waals surface area contributed by atoms with Crippen molar-refractivity contribution in [3.8, 4) is 0 Å². The van der Waals surface area contributed by atoms with E-state index in [4.69, 9.17) is 10.8 Å². The molecule has 1 aromatic heterocycles. The van der Waals surface area contributed by atoms with E-state index in [9.17, 15) is 4.79 Å². The van der Waals surface area contributed by atoms with Crippen LogP contribution in [-0.4, -0.2) is 26.3 Å². The zero-order valence-electron chi connectivity index (χ0n) is 7.60. The largest absolute Gasteiger partial charge is 0.481 e. The Morgan fingerprint density at radius 1 is 1.57 bits per heavy atom. The van der Waals surface area contributed by atoms with Crippen LogP contribution in [0.3, 0.4) is 0 Å². The monoisotopic (exact) mass is 196 g/mol. The first-order valence-corrected chi connectivity index (χ1v) is 4.59. The lowest BCUT2D eigenvalue weighted by Crippen LogP contribution is -2.17. The number of carbonyl (C=O) groups is 1. The van der Waals surface area contributed by atoms with E-state index in [1.165, 1.54) is 0 Å². The molecule has 76 valence electrons. The number of anilines is 1. The van der Waals surface area contributed by atoms with Crippen LogP contribution in [0.25, 0.3) is 0 Å². The summed E-state index contributed by atoms with van der Waals surface area (Å²) >= 11 is 0. The standard InChI is InChI=1S/C8H12N4O2/c9-8-10-6(11-12-8)4-2-1-3-5(4)7(13)14/h4-5H,1-3H2,(H,13,14)(H3,9,10,11,12). The van der Waals surface area contributed by atoms with Crippen molar-refractivity contribution >= 4 is 11.9 Å². The first kappa shape index (κ1) is 8.98. The Hall–Kier alpha value is -1.59. The zero-order chi connectivity index (χ0) is 10.1. The van der Waals surface area contributed by atoms with Crippen LogP contribution in [0.5, 0.6) is 0 Å². The van der Waals surface area contributed by atoms with Gasteiger partial charge in [-0.3, -0.25) is 9.89 Å². The second-order valence-corrected chi connectivity index (χ2v) is 3.56. The normalized spacial score (nSPS) is 26.6. The van der Waals surface area contributed by atoms with Gasteiger partial charge >= 0.3 is 5.97 Å². The van der Waals surface area contributed by atoms with Crippen molar-refractivity contribution in [2.24, 2.45) is 5.92 Å². The molecule has 1 aliphatic rings. The lowest BCUT2D eigenvalue weighted by molar-refractivity contribution is -0.142. The van der Waals surface area contributed by atoms with Crippen LogP contribution < -0.4 is 5.73 Å². The molecule has 1 saturated carbocycles. The van der Waals surface area contributed by atoms with Gasteiger partial charge in [-0.1, -0.05) is 6.42 Å². The quantitative estimate of drug-likeness (QED) is 0.633. The number of nitrogens with zero attached hydrogens (tertiary/aromatic N) is 2. The van der Waals surface area contributed by atoms with Crippen LogP contribution in [0.1, 0.15) is 31.0 Å². The van der Waals surface area contributed by atoms with Crippen molar-refractivity contribution in [1.29, 1.82) is 0 Å². The maximum Gasteiger partial charge on any atom is 0.307 e. The number of hydrogen-bond acceptors (Lipinski definition) is 4. The van der Waals surface area contributed by atoms with E-state index >= 15 is 0 Å². The van der Waals surface area contributed by atoms with Gasteiger partial charge in [0, 0.05) is 5.92 Å². The topological polar surface area (TPSA) is 105 Å². The van der Waals surface area contributed by atoms with Gasteiger partial charge < -0.3 is 10.8 Å². The molecular formula is C8H12N4O2. The Morgan fingerprint density at radius 3 is 2.93 bits per heavy atom. The molecule has 14 heavy (non-hydrogen) atoms.